The lowest BCUT2D eigenvalue weighted by Crippen LogP contribution is -2.30. The molecule has 0 radical (unpaired) electrons. The highest BCUT2D eigenvalue weighted by atomic mass is 16.6. The SMILES string of the molecule is O=C(c1ccc(OCc2cn3ccccc3n2)cc1)N1CCC[C@@H]1c1ccc2c(c1)OCCO2. The number of ether oxygens (including phenoxy) is 3. The summed E-state index contributed by atoms with van der Waals surface area (Å²) in [6.07, 6.45) is 5.83. The first kappa shape index (κ1) is 20.6. The van der Waals surface area contributed by atoms with E-state index >= 15 is 0 Å². The molecule has 2 aliphatic heterocycles. The van der Waals surface area contributed by atoms with Gasteiger partial charge in [0.25, 0.3) is 5.91 Å². The molecule has 1 saturated heterocycles. The zero-order valence-electron chi connectivity index (χ0n) is 18.7. The van der Waals surface area contributed by atoms with Crippen LogP contribution in [0.3, 0.4) is 0 Å². The van der Waals surface area contributed by atoms with Crippen molar-refractivity contribution in [1.82, 2.24) is 14.3 Å². The van der Waals surface area contributed by atoms with Crippen LogP contribution >= 0.6 is 0 Å². The van der Waals surface area contributed by atoms with Gasteiger partial charge in [0, 0.05) is 24.5 Å². The highest BCUT2D eigenvalue weighted by Gasteiger charge is 2.31. The zero-order chi connectivity index (χ0) is 22.9. The quantitative estimate of drug-likeness (QED) is 0.438. The van der Waals surface area contributed by atoms with Crippen LogP contribution < -0.4 is 14.2 Å². The van der Waals surface area contributed by atoms with Crippen LogP contribution in [-0.4, -0.2) is 40.0 Å². The van der Waals surface area contributed by atoms with Crippen molar-refractivity contribution in [2.24, 2.45) is 0 Å². The lowest BCUT2D eigenvalue weighted by molar-refractivity contribution is 0.0735. The van der Waals surface area contributed by atoms with E-state index < -0.39 is 0 Å². The second-order valence-corrected chi connectivity index (χ2v) is 8.57. The molecule has 4 aromatic rings. The summed E-state index contributed by atoms with van der Waals surface area (Å²) in [7, 11) is 0. The summed E-state index contributed by atoms with van der Waals surface area (Å²) in [6, 6.07) is 19.3. The number of amides is 1. The molecule has 1 atom stereocenters. The number of hydrogen-bond acceptors (Lipinski definition) is 5. The molecule has 34 heavy (non-hydrogen) atoms. The van der Waals surface area contributed by atoms with Crippen LogP contribution in [0, 0.1) is 0 Å². The predicted octanol–water partition coefficient (Wildman–Crippen LogP) is 4.66. The molecule has 2 aliphatic rings. The van der Waals surface area contributed by atoms with E-state index in [1.807, 2.05) is 82.4 Å². The summed E-state index contributed by atoms with van der Waals surface area (Å²) in [4.78, 5) is 19.8. The molecular weight excluding hydrogens is 430 g/mol. The van der Waals surface area contributed by atoms with Crippen molar-refractivity contribution >= 4 is 11.6 Å². The number of nitrogens with zero attached hydrogens (tertiary/aromatic N) is 3. The third-order valence-corrected chi connectivity index (χ3v) is 6.37. The van der Waals surface area contributed by atoms with Crippen LogP contribution in [0.5, 0.6) is 17.2 Å². The maximum absolute atomic E-state index is 13.3. The average Bonchev–Trinajstić information content (AvgIpc) is 3.54. The lowest BCUT2D eigenvalue weighted by Gasteiger charge is -2.27. The molecule has 0 saturated carbocycles. The van der Waals surface area contributed by atoms with Gasteiger partial charge < -0.3 is 23.5 Å². The number of hydrogen-bond donors (Lipinski definition) is 0. The van der Waals surface area contributed by atoms with Gasteiger partial charge in [-0.25, -0.2) is 4.98 Å². The van der Waals surface area contributed by atoms with Crippen molar-refractivity contribution < 1.29 is 19.0 Å². The number of carbonyl (C=O) groups excluding carboxylic acids is 1. The second kappa shape index (κ2) is 8.74. The summed E-state index contributed by atoms with van der Waals surface area (Å²) in [5.41, 5.74) is 3.48. The molecule has 0 spiro atoms. The van der Waals surface area contributed by atoms with E-state index in [0.717, 1.165) is 47.8 Å². The molecule has 1 fully saturated rings. The Labute approximate surface area is 197 Å². The van der Waals surface area contributed by atoms with E-state index in [4.69, 9.17) is 14.2 Å². The monoisotopic (exact) mass is 455 g/mol. The fraction of sp³-hybridized carbons (Fsp3) is 0.259. The molecule has 1 amide bonds. The maximum Gasteiger partial charge on any atom is 0.254 e. The van der Waals surface area contributed by atoms with Crippen molar-refractivity contribution in [1.29, 1.82) is 0 Å². The minimum Gasteiger partial charge on any atom is -0.487 e. The Bertz CT molecular complexity index is 1300. The van der Waals surface area contributed by atoms with E-state index in [9.17, 15) is 4.79 Å². The second-order valence-electron chi connectivity index (χ2n) is 8.57. The minimum atomic E-state index is 0.0317. The number of aromatic nitrogens is 2. The number of pyridine rings is 1. The molecule has 7 heteroatoms. The first-order valence-electron chi connectivity index (χ1n) is 11.6. The van der Waals surface area contributed by atoms with Crippen LogP contribution in [0.15, 0.2) is 73.1 Å². The fourth-order valence-corrected chi connectivity index (χ4v) is 4.70. The van der Waals surface area contributed by atoms with Gasteiger partial charge in [0.1, 0.15) is 31.2 Å². The molecule has 0 aliphatic carbocycles. The topological polar surface area (TPSA) is 65.3 Å². The molecule has 4 heterocycles. The smallest absolute Gasteiger partial charge is 0.254 e. The van der Waals surface area contributed by atoms with Crippen LogP contribution in [0.25, 0.3) is 5.65 Å². The van der Waals surface area contributed by atoms with Crippen LogP contribution in [0.1, 0.15) is 40.5 Å². The number of benzene rings is 2. The van der Waals surface area contributed by atoms with Crippen LogP contribution in [0.4, 0.5) is 0 Å². The van der Waals surface area contributed by atoms with Gasteiger partial charge in [0.05, 0.1) is 11.7 Å². The largest absolute Gasteiger partial charge is 0.487 e. The maximum atomic E-state index is 13.3. The Hall–Kier alpha value is -4.00. The molecular formula is C27H25N3O4. The number of likely N-dealkylation sites (tertiary alicyclic amines) is 1. The summed E-state index contributed by atoms with van der Waals surface area (Å²) < 4.78 is 19.2. The van der Waals surface area contributed by atoms with E-state index in [0.29, 0.717) is 31.1 Å². The molecule has 2 aromatic heterocycles. The molecule has 172 valence electrons. The van der Waals surface area contributed by atoms with Gasteiger partial charge in [0.2, 0.25) is 0 Å². The third kappa shape index (κ3) is 3.94. The first-order valence-corrected chi connectivity index (χ1v) is 11.6. The van der Waals surface area contributed by atoms with Crippen molar-refractivity contribution in [2.45, 2.75) is 25.5 Å². The summed E-state index contributed by atoms with van der Waals surface area (Å²) in [6.45, 7) is 2.23. The minimum absolute atomic E-state index is 0.0317. The van der Waals surface area contributed by atoms with Gasteiger partial charge in [-0.2, -0.15) is 0 Å². The summed E-state index contributed by atoms with van der Waals surface area (Å²) in [5.74, 6) is 2.27. The normalized spacial score (nSPS) is 17.2. The van der Waals surface area contributed by atoms with Crippen LogP contribution in [-0.2, 0) is 6.61 Å². The predicted molar refractivity (Wildman–Crippen MR) is 126 cm³/mol. The number of rotatable bonds is 5. The standard InChI is InChI=1S/C27H25N3O4/c31-27(30-13-3-4-23(30)20-8-11-24-25(16-20)33-15-14-32-24)19-6-9-22(10-7-19)34-18-21-17-29-12-2-1-5-26(29)28-21/h1-2,5-12,16-17,23H,3-4,13-15,18H2/t23-/m1/s1. The fourth-order valence-electron chi connectivity index (χ4n) is 4.70. The van der Waals surface area contributed by atoms with E-state index in [1.165, 1.54) is 0 Å². The van der Waals surface area contributed by atoms with E-state index in [-0.39, 0.29) is 11.9 Å². The van der Waals surface area contributed by atoms with Crippen LogP contribution in [0.2, 0.25) is 0 Å². The lowest BCUT2D eigenvalue weighted by atomic mass is 10.0. The van der Waals surface area contributed by atoms with Gasteiger partial charge >= 0.3 is 0 Å². The molecule has 7 nitrogen and oxygen atoms in total. The Morgan fingerprint density at radius 2 is 1.88 bits per heavy atom. The van der Waals surface area contributed by atoms with Gasteiger partial charge in [-0.1, -0.05) is 12.1 Å². The molecule has 0 N–H and O–H groups in total. The highest BCUT2D eigenvalue weighted by molar-refractivity contribution is 5.94. The Morgan fingerprint density at radius 1 is 1.03 bits per heavy atom. The van der Waals surface area contributed by atoms with Gasteiger partial charge in [-0.15, -0.1) is 0 Å². The third-order valence-electron chi connectivity index (χ3n) is 6.37. The van der Waals surface area contributed by atoms with Gasteiger partial charge in [-0.05, 0) is 66.9 Å². The first-order chi connectivity index (χ1) is 16.7. The highest BCUT2D eigenvalue weighted by Crippen LogP contribution is 2.38. The number of carbonyl (C=O) groups is 1. The average molecular weight is 456 g/mol. The summed E-state index contributed by atoms with van der Waals surface area (Å²) in [5, 5.41) is 0. The number of fused-ring (bicyclic) bond motifs is 2. The van der Waals surface area contributed by atoms with Gasteiger partial charge in [-0.3, -0.25) is 4.79 Å². The Morgan fingerprint density at radius 3 is 2.74 bits per heavy atom. The Kier molecular flexibility index (Phi) is 5.30. The van der Waals surface area contributed by atoms with Crippen molar-refractivity contribution in [3.8, 4) is 17.2 Å². The van der Waals surface area contributed by atoms with Gasteiger partial charge in [0.15, 0.2) is 11.5 Å². The van der Waals surface area contributed by atoms with E-state index in [2.05, 4.69) is 4.98 Å². The summed E-state index contributed by atoms with van der Waals surface area (Å²) >= 11 is 0. The van der Waals surface area contributed by atoms with Crippen molar-refractivity contribution in [3.63, 3.8) is 0 Å². The van der Waals surface area contributed by atoms with E-state index in [1.54, 1.807) is 0 Å². The van der Waals surface area contributed by atoms with Crippen molar-refractivity contribution in [2.75, 3.05) is 19.8 Å². The molecule has 2 aromatic carbocycles. The molecule has 0 bridgehead atoms. The zero-order valence-corrected chi connectivity index (χ0v) is 18.7. The van der Waals surface area contributed by atoms with Crippen molar-refractivity contribution in [3.05, 3.63) is 89.9 Å². The molecule has 0 unspecified atom stereocenters. The Balaban J connectivity index is 1.13. The molecule has 6 rings (SSSR count). The number of imidazole rings is 1.